The number of nitrogens with zero attached hydrogens (tertiary/aromatic N) is 1. The number of hydrogen-bond donors (Lipinski definition) is 1. The van der Waals surface area contributed by atoms with Gasteiger partial charge in [0, 0.05) is 18.4 Å². The van der Waals surface area contributed by atoms with Crippen LogP contribution in [0.4, 0.5) is 4.39 Å². The molecule has 0 saturated heterocycles. The largest absolute Gasteiger partial charge is 0.313 e. The van der Waals surface area contributed by atoms with Gasteiger partial charge in [0.2, 0.25) is 0 Å². The third-order valence-electron chi connectivity index (χ3n) is 3.19. The Morgan fingerprint density at radius 3 is 2.61 bits per heavy atom. The van der Waals surface area contributed by atoms with Crippen molar-refractivity contribution in [1.29, 1.82) is 0 Å². The number of aromatic nitrogens is 1. The van der Waals surface area contributed by atoms with E-state index in [0.29, 0.717) is 0 Å². The molecule has 1 aromatic carbocycles. The first-order chi connectivity index (χ1) is 8.70. The number of benzene rings is 1. The summed E-state index contributed by atoms with van der Waals surface area (Å²) in [7, 11) is 1.92. The highest BCUT2D eigenvalue weighted by molar-refractivity contribution is 5.29. The van der Waals surface area contributed by atoms with E-state index >= 15 is 0 Å². The third kappa shape index (κ3) is 2.93. The highest BCUT2D eigenvalue weighted by atomic mass is 19.1. The summed E-state index contributed by atoms with van der Waals surface area (Å²) < 4.78 is 13.3. The van der Waals surface area contributed by atoms with E-state index < -0.39 is 0 Å². The van der Waals surface area contributed by atoms with Crippen molar-refractivity contribution in [3.8, 4) is 0 Å². The molecule has 1 aromatic heterocycles. The van der Waals surface area contributed by atoms with Crippen molar-refractivity contribution in [2.75, 3.05) is 7.05 Å². The molecular formula is C15H17FN2. The highest BCUT2D eigenvalue weighted by Crippen LogP contribution is 2.20. The fraction of sp³-hybridized carbons (Fsp3) is 0.267. The second-order valence-electron chi connectivity index (χ2n) is 4.40. The van der Waals surface area contributed by atoms with Gasteiger partial charge in [0.05, 0.1) is 0 Å². The van der Waals surface area contributed by atoms with E-state index in [0.717, 1.165) is 23.1 Å². The lowest BCUT2D eigenvalue weighted by atomic mass is 9.97. The molecule has 0 amide bonds. The lowest BCUT2D eigenvalue weighted by molar-refractivity contribution is 0.582. The molecule has 0 aliphatic carbocycles. The Labute approximate surface area is 107 Å². The molecule has 1 N–H and O–H groups in total. The van der Waals surface area contributed by atoms with E-state index in [9.17, 15) is 4.39 Å². The Hall–Kier alpha value is -1.74. The van der Waals surface area contributed by atoms with E-state index in [1.807, 2.05) is 32.2 Å². The fourth-order valence-electron chi connectivity index (χ4n) is 2.06. The third-order valence-corrected chi connectivity index (χ3v) is 3.19. The zero-order valence-corrected chi connectivity index (χ0v) is 10.7. The predicted octanol–water partition coefficient (Wildman–Crippen LogP) is 3.03. The number of halogens is 1. The summed E-state index contributed by atoms with van der Waals surface area (Å²) in [4.78, 5) is 4.01. The van der Waals surface area contributed by atoms with Gasteiger partial charge in [-0.25, -0.2) is 4.39 Å². The average Bonchev–Trinajstić information content (AvgIpc) is 2.41. The molecule has 2 nitrogen and oxygen atoms in total. The topological polar surface area (TPSA) is 24.9 Å². The number of nitrogens with one attached hydrogen (secondary N) is 1. The molecule has 0 saturated carbocycles. The van der Waals surface area contributed by atoms with E-state index in [1.165, 1.54) is 6.07 Å². The van der Waals surface area contributed by atoms with Crippen LogP contribution in [0.25, 0.3) is 0 Å². The van der Waals surface area contributed by atoms with E-state index in [2.05, 4.69) is 10.3 Å². The zero-order valence-electron chi connectivity index (χ0n) is 10.7. The van der Waals surface area contributed by atoms with Gasteiger partial charge in [-0.1, -0.05) is 6.07 Å². The maximum atomic E-state index is 13.3. The summed E-state index contributed by atoms with van der Waals surface area (Å²) in [6.07, 6.45) is 4.32. The molecule has 94 valence electrons. The normalized spacial score (nSPS) is 12.4. The monoisotopic (exact) mass is 244 g/mol. The van der Waals surface area contributed by atoms with Crippen LogP contribution in [0.3, 0.4) is 0 Å². The second kappa shape index (κ2) is 5.74. The molecular weight excluding hydrogens is 227 g/mol. The van der Waals surface area contributed by atoms with Crippen LogP contribution in [0, 0.1) is 12.7 Å². The molecule has 1 heterocycles. The molecule has 1 unspecified atom stereocenters. The summed E-state index contributed by atoms with van der Waals surface area (Å²) in [6.45, 7) is 2.01. The Balaban J connectivity index is 2.23. The minimum atomic E-state index is -0.180. The molecule has 2 aromatic rings. The van der Waals surface area contributed by atoms with Crippen molar-refractivity contribution in [2.45, 2.75) is 19.4 Å². The van der Waals surface area contributed by atoms with Crippen LogP contribution in [0.2, 0.25) is 0 Å². The van der Waals surface area contributed by atoms with Crippen LogP contribution in [0.1, 0.15) is 22.7 Å². The van der Waals surface area contributed by atoms with Gasteiger partial charge in [0.1, 0.15) is 5.82 Å². The standard InChI is InChI=1S/C15H17FN2/c1-11-3-4-14(16)9-13(11)10-15(17-2)12-5-7-18-8-6-12/h3-9,15,17H,10H2,1-2H3. The molecule has 0 aliphatic heterocycles. The smallest absolute Gasteiger partial charge is 0.123 e. The van der Waals surface area contributed by atoms with Crippen LogP contribution in [0.15, 0.2) is 42.7 Å². The Morgan fingerprint density at radius 1 is 1.22 bits per heavy atom. The van der Waals surface area contributed by atoms with E-state index in [-0.39, 0.29) is 11.9 Å². The maximum absolute atomic E-state index is 13.3. The van der Waals surface area contributed by atoms with Crippen molar-refractivity contribution < 1.29 is 4.39 Å². The SMILES string of the molecule is CNC(Cc1cc(F)ccc1C)c1ccncc1. The number of aryl methyl sites for hydroxylation is 1. The van der Waals surface area contributed by atoms with Gasteiger partial charge in [-0.3, -0.25) is 4.98 Å². The number of likely N-dealkylation sites (N-methyl/N-ethyl adjacent to an activating group) is 1. The van der Waals surface area contributed by atoms with Gasteiger partial charge in [-0.05, 0) is 61.3 Å². The van der Waals surface area contributed by atoms with Crippen LogP contribution in [-0.4, -0.2) is 12.0 Å². The minimum absolute atomic E-state index is 0.175. The lowest BCUT2D eigenvalue weighted by Gasteiger charge is -2.17. The van der Waals surface area contributed by atoms with Crippen molar-refractivity contribution in [3.63, 3.8) is 0 Å². The number of rotatable bonds is 4. The first-order valence-electron chi connectivity index (χ1n) is 6.03. The Kier molecular flexibility index (Phi) is 4.05. The van der Waals surface area contributed by atoms with Crippen LogP contribution < -0.4 is 5.32 Å². The van der Waals surface area contributed by atoms with Crippen molar-refractivity contribution in [3.05, 3.63) is 65.2 Å². The van der Waals surface area contributed by atoms with Gasteiger partial charge >= 0.3 is 0 Å². The number of pyridine rings is 1. The second-order valence-corrected chi connectivity index (χ2v) is 4.40. The summed E-state index contributed by atoms with van der Waals surface area (Å²) >= 11 is 0. The molecule has 3 heteroatoms. The molecule has 0 spiro atoms. The zero-order chi connectivity index (χ0) is 13.0. The van der Waals surface area contributed by atoms with Gasteiger partial charge in [0.25, 0.3) is 0 Å². The highest BCUT2D eigenvalue weighted by Gasteiger charge is 2.11. The number of hydrogen-bond acceptors (Lipinski definition) is 2. The summed E-state index contributed by atoms with van der Waals surface area (Å²) in [6, 6.07) is 9.07. The molecule has 1 atom stereocenters. The summed E-state index contributed by atoms with van der Waals surface area (Å²) in [5.41, 5.74) is 3.31. The van der Waals surface area contributed by atoms with E-state index in [1.54, 1.807) is 18.5 Å². The van der Waals surface area contributed by atoms with Crippen LogP contribution in [-0.2, 0) is 6.42 Å². The van der Waals surface area contributed by atoms with Crippen LogP contribution >= 0.6 is 0 Å². The first-order valence-corrected chi connectivity index (χ1v) is 6.03. The summed E-state index contributed by atoms with van der Waals surface area (Å²) in [5, 5.41) is 3.26. The molecule has 0 aliphatic rings. The quantitative estimate of drug-likeness (QED) is 0.894. The molecule has 2 rings (SSSR count). The van der Waals surface area contributed by atoms with Gasteiger partial charge in [-0.15, -0.1) is 0 Å². The lowest BCUT2D eigenvalue weighted by Crippen LogP contribution is -2.19. The van der Waals surface area contributed by atoms with Crippen molar-refractivity contribution >= 4 is 0 Å². The Morgan fingerprint density at radius 2 is 1.94 bits per heavy atom. The maximum Gasteiger partial charge on any atom is 0.123 e. The van der Waals surface area contributed by atoms with E-state index in [4.69, 9.17) is 0 Å². The first kappa shape index (κ1) is 12.7. The predicted molar refractivity (Wildman–Crippen MR) is 70.9 cm³/mol. The fourth-order valence-corrected chi connectivity index (χ4v) is 2.06. The molecule has 0 bridgehead atoms. The van der Waals surface area contributed by atoms with Crippen LogP contribution in [0.5, 0.6) is 0 Å². The molecule has 0 fully saturated rings. The molecule has 18 heavy (non-hydrogen) atoms. The van der Waals surface area contributed by atoms with Gasteiger partial charge in [0.15, 0.2) is 0 Å². The minimum Gasteiger partial charge on any atom is -0.313 e. The summed E-state index contributed by atoms with van der Waals surface area (Å²) in [5.74, 6) is -0.180. The van der Waals surface area contributed by atoms with Gasteiger partial charge < -0.3 is 5.32 Å². The van der Waals surface area contributed by atoms with Crippen molar-refractivity contribution in [2.24, 2.45) is 0 Å². The van der Waals surface area contributed by atoms with Gasteiger partial charge in [-0.2, -0.15) is 0 Å². The molecule has 0 radical (unpaired) electrons. The Bertz CT molecular complexity index is 511. The average molecular weight is 244 g/mol. The van der Waals surface area contributed by atoms with Crippen molar-refractivity contribution in [1.82, 2.24) is 10.3 Å².